The molecule has 0 aliphatic carbocycles. The lowest BCUT2D eigenvalue weighted by molar-refractivity contribution is -0.365. The van der Waals surface area contributed by atoms with E-state index in [0.717, 1.165) is 12.1 Å². The number of benzene rings is 2. The summed E-state index contributed by atoms with van der Waals surface area (Å²) in [5, 5.41) is 123. The molecule has 0 aromatic heterocycles. The minimum Gasteiger partial charge on any atom is -0.504 e. The molecule has 55 heavy (non-hydrogen) atoms. The van der Waals surface area contributed by atoms with Crippen LogP contribution in [0.3, 0.4) is 0 Å². The number of hydrogen-bond donors (Lipinski definition) is 12. The molecule has 15 unspecified atom stereocenters. The molecule has 3 aliphatic heterocycles. The van der Waals surface area contributed by atoms with Crippen LogP contribution in [0.2, 0.25) is 0 Å². The van der Waals surface area contributed by atoms with Crippen molar-refractivity contribution in [3.05, 3.63) is 53.6 Å². The first-order valence-corrected chi connectivity index (χ1v) is 17.2. The van der Waals surface area contributed by atoms with Crippen LogP contribution in [0.15, 0.2) is 42.5 Å². The van der Waals surface area contributed by atoms with Crippen molar-refractivity contribution >= 4 is 12.0 Å². The van der Waals surface area contributed by atoms with Gasteiger partial charge in [0.1, 0.15) is 61.0 Å². The van der Waals surface area contributed by atoms with Crippen molar-refractivity contribution in [2.45, 2.75) is 105 Å². The lowest BCUT2D eigenvalue weighted by Gasteiger charge is -2.47. The van der Waals surface area contributed by atoms with Crippen LogP contribution >= 0.6 is 0 Å². The van der Waals surface area contributed by atoms with Gasteiger partial charge >= 0.3 is 5.97 Å². The summed E-state index contributed by atoms with van der Waals surface area (Å²) in [6.07, 6.45) is -22.7. The smallest absolute Gasteiger partial charge is 0.331 e. The van der Waals surface area contributed by atoms with Crippen molar-refractivity contribution in [3.8, 4) is 23.0 Å². The molecule has 20 heteroatoms. The molecule has 3 saturated heterocycles. The van der Waals surface area contributed by atoms with Gasteiger partial charge in [0.25, 0.3) is 0 Å². The molecule has 2 aromatic rings. The molecule has 15 atom stereocenters. The second-order valence-corrected chi connectivity index (χ2v) is 13.3. The Labute approximate surface area is 313 Å². The number of ether oxygens (including phenoxy) is 7. The van der Waals surface area contributed by atoms with Gasteiger partial charge in [-0.2, -0.15) is 0 Å². The third-order valence-corrected chi connectivity index (χ3v) is 9.36. The summed E-state index contributed by atoms with van der Waals surface area (Å²) in [5.74, 6) is -2.72. The van der Waals surface area contributed by atoms with Crippen molar-refractivity contribution in [2.75, 3.05) is 19.8 Å². The molecule has 3 fully saturated rings. The van der Waals surface area contributed by atoms with E-state index in [1.807, 2.05) is 0 Å². The molecule has 12 N–H and O–H groups in total. The van der Waals surface area contributed by atoms with E-state index in [-0.39, 0.29) is 24.3 Å². The first-order valence-electron chi connectivity index (χ1n) is 17.2. The Kier molecular flexibility index (Phi) is 14.3. The quantitative estimate of drug-likeness (QED) is 0.0541. The van der Waals surface area contributed by atoms with Crippen LogP contribution in [-0.4, -0.2) is 179 Å². The second kappa shape index (κ2) is 18.5. The Morgan fingerprint density at radius 1 is 0.673 bits per heavy atom. The van der Waals surface area contributed by atoms with Gasteiger partial charge in [-0.05, 0) is 54.8 Å². The van der Waals surface area contributed by atoms with Crippen LogP contribution in [-0.2, 0) is 44.4 Å². The predicted molar refractivity (Wildman–Crippen MR) is 180 cm³/mol. The van der Waals surface area contributed by atoms with E-state index in [2.05, 4.69) is 0 Å². The second-order valence-electron chi connectivity index (χ2n) is 13.3. The van der Waals surface area contributed by atoms with Gasteiger partial charge in [0.05, 0.1) is 25.9 Å². The van der Waals surface area contributed by atoms with E-state index in [0.29, 0.717) is 5.56 Å². The molecule has 5 rings (SSSR count). The molecular formula is C35H46O20. The average molecular weight is 787 g/mol. The molecule has 0 saturated carbocycles. The van der Waals surface area contributed by atoms with Gasteiger partial charge < -0.3 is 94.4 Å². The third-order valence-electron chi connectivity index (χ3n) is 9.36. The van der Waals surface area contributed by atoms with Crippen LogP contribution in [0.5, 0.6) is 23.0 Å². The highest BCUT2D eigenvalue weighted by Crippen LogP contribution is 2.33. The van der Waals surface area contributed by atoms with E-state index in [1.54, 1.807) is 0 Å². The maximum Gasteiger partial charge on any atom is 0.331 e. The maximum atomic E-state index is 13.3. The fourth-order valence-electron chi connectivity index (χ4n) is 6.14. The van der Waals surface area contributed by atoms with Gasteiger partial charge in [0.2, 0.25) is 0 Å². The lowest BCUT2D eigenvalue weighted by atomic mass is 9.96. The van der Waals surface area contributed by atoms with Gasteiger partial charge in [-0.1, -0.05) is 12.1 Å². The van der Waals surface area contributed by atoms with Gasteiger partial charge in [-0.15, -0.1) is 0 Å². The van der Waals surface area contributed by atoms with Crippen LogP contribution in [0.4, 0.5) is 0 Å². The summed E-state index contributed by atoms with van der Waals surface area (Å²) in [7, 11) is 0. The van der Waals surface area contributed by atoms with E-state index in [9.17, 15) is 66.1 Å². The monoisotopic (exact) mass is 786 g/mol. The summed E-state index contributed by atoms with van der Waals surface area (Å²) < 4.78 is 40.2. The summed E-state index contributed by atoms with van der Waals surface area (Å²) in [5.41, 5.74) is 0.767. The van der Waals surface area contributed by atoms with Crippen molar-refractivity contribution in [3.63, 3.8) is 0 Å². The Morgan fingerprint density at radius 2 is 1.29 bits per heavy atom. The molecule has 3 aliphatic rings. The minimum atomic E-state index is -1.97. The third kappa shape index (κ3) is 10.0. The number of esters is 1. The molecule has 2 aromatic carbocycles. The summed E-state index contributed by atoms with van der Waals surface area (Å²) >= 11 is 0. The fourth-order valence-corrected chi connectivity index (χ4v) is 6.14. The normalized spacial score (nSPS) is 36.9. The van der Waals surface area contributed by atoms with Crippen molar-refractivity contribution < 1.29 is 99.2 Å². The van der Waals surface area contributed by atoms with Gasteiger partial charge in [-0.25, -0.2) is 4.79 Å². The van der Waals surface area contributed by atoms with Crippen LogP contribution in [0.1, 0.15) is 18.1 Å². The maximum absolute atomic E-state index is 13.3. The zero-order valence-corrected chi connectivity index (χ0v) is 29.2. The number of carbonyl (C=O) groups is 1. The summed E-state index contributed by atoms with van der Waals surface area (Å²) in [6, 6.07) is 7.73. The number of rotatable bonds is 13. The zero-order chi connectivity index (χ0) is 40.1. The first kappa shape index (κ1) is 42.4. The lowest BCUT2D eigenvalue weighted by Crippen LogP contribution is -2.66. The SMILES string of the molecule is CC1OC(OCC2OC(OCCc3ccc(O)c(O)c3)C(O)C(OC3OC(CO)C(O)C(O)C3O)C2OC(=O)/C=C\c2ccc(O)c(O)c2)C(O)C(O)C1O. The molecule has 0 amide bonds. The molecule has 3 heterocycles. The van der Waals surface area contributed by atoms with E-state index < -0.39 is 129 Å². The van der Waals surface area contributed by atoms with Gasteiger partial charge in [0.15, 0.2) is 48.0 Å². The molecule has 0 bridgehead atoms. The number of carbonyl (C=O) groups excluding carboxylic acids is 1. The predicted octanol–water partition coefficient (Wildman–Crippen LogP) is -3.19. The highest BCUT2D eigenvalue weighted by Gasteiger charge is 2.53. The largest absolute Gasteiger partial charge is 0.504 e. The first-order chi connectivity index (χ1) is 26.1. The van der Waals surface area contributed by atoms with Crippen molar-refractivity contribution in [2.24, 2.45) is 0 Å². The Morgan fingerprint density at radius 3 is 1.96 bits per heavy atom. The number of hydrogen-bond acceptors (Lipinski definition) is 20. The fraction of sp³-hybridized carbons (Fsp3) is 0.571. The number of aliphatic hydroxyl groups excluding tert-OH is 8. The topological polar surface area (TPSA) is 324 Å². The van der Waals surface area contributed by atoms with Crippen molar-refractivity contribution in [1.82, 2.24) is 0 Å². The average Bonchev–Trinajstić information content (AvgIpc) is 3.16. The van der Waals surface area contributed by atoms with E-state index in [1.165, 1.54) is 43.3 Å². The van der Waals surface area contributed by atoms with Crippen LogP contribution in [0.25, 0.3) is 6.08 Å². The van der Waals surface area contributed by atoms with Crippen LogP contribution < -0.4 is 0 Å². The van der Waals surface area contributed by atoms with Gasteiger partial charge in [0, 0.05) is 6.08 Å². The number of aliphatic hydroxyl groups is 8. The molecule has 0 radical (unpaired) electrons. The summed E-state index contributed by atoms with van der Waals surface area (Å²) in [6.45, 7) is -0.242. The molecule has 20 nitrogen and oxygen atoms in total. The van der Waals surface area contributed by atoms with E-state index in [4.69, 9.17) is 33.2 Å². The zero-order valence-electron chi connectivity index (χ0n) is 29.2. The number of aromatic hydroxyl groups is 4. The molecule has 0 spiro atoms. The molecule has 306 valence electrons. The number of phenols is 4. The minimum absolute atomic E-state index is 0.107. The summed E-state index contributed by atoms with van der Waals surface area (Å²) in [4.78, 5) is 13.3. The Bertz CT molecular complexity index is 1610. The highest BCUT2D eigenvalue weighted by molar-refractivity contribution is 5.87. The highest BCUT2D eigenvalue weighted by atomic mass is 16.8. The standard InChI is InChI=1S/C35H46O20/c1-14-24(42)26(44)28(46)33(51-14)50-13-22-31(54-23(41)7-4-15-2-5-17(37)19(39)10-15)32(55-35-29(47)27(45)25(43)21(12-36)52-35)30(48)34(53-22)49-9-8-16-3-6-18(38)20(40)11-16/h2-7,10-11,14,21-22,24-40,42-48H,8-9,12-13H2,1H3/b7-4-. The molecular weight excluding hydrogens is 740 g/mol. The van der Waals surface area contributed by atoms with Crippen molar-refractivity contribution in [1.29, 1.82) is 0 Å². The Hall–Kier alpha value is -3.71. The van der Waals surface area contributed by atoms with Gasteiger partial charge in [-0.3, -0.25) is 0 Å². The van der Waals surface area contributed by atoms with Crippen LogP contribution in [0, 0.1) is 0 Å². The van der Waals surface area contributed by atoms with E-state index >= 15 is 0 Å². The number of phenolic OH excluding ortho intramolecular Hbond substituents is 4. The Balaban J connectivity index is 1.44.